The SMILES string of the molecule is CC(O)C1CCCCN1C(=O)c1ccc(F)c(C(F)(F)F)c1. The lowest BCUT2D eigenvalue weighted by atomic mass is 9.96. The molecule has 1 aliphatic heterocycles. The number of carbonyl (C=O) groups is 1. The summed E-state index contributed by atoms with van der Waals surface area (Å²) in [4.78, 5) is 13.8. The van der Waals surface area contributed by atoms with Crippen molar-refractivity contribution in [1.82, 2.24) is 4.90 Å². The number of aliphatic hydroxyl groups excluding tert-OH is 1. The average Bonchev–Trinajstić information content (AvgIpc) is 2.45. The largest absolute Gasteiger partial charge is 0.419 e. The van der Waals surface area contributed by atoms with Gasteiger partial charge in [0.25, 0.3) is 5.91 Å². The van der Waals surface area contributed by atoms with Crippen LogP contribution < -0.4 is 0 Å². The van der Waals surface area contributed by atoms with Crippen molar-refractivity contribution in [2.24, 2.45) is 0 Å². The Morgan fingerprint density at radius 1 is 1.36 bits per heavy atom. The van der Waals surface area contributed by atoms with Crippen LogP contribution in [-0.2, 0) is 6.18 Å². The van der Waals surface area contributed by atoms with Crippen molar-refractivity contribution in [3.63, 3.8) is 0 Å². The molecule has 122 valence electrons. The Kier molecular flexibility index (Phi) is 4.75. The average molecular weight is 319 g/mol. The Bertz CT molecular complexity index is 557. The van der Waals surface area contributed by atoms with Gasteiger partial charge in [-0.2, -0.15) is 13.2 Å². The fourth-order valence-electron chi connectivity index (χ4n) is 2.75. The second-order valence-corrected chi connectivity index (χ2v) is 5.49. The van der Waals surface area contributed by atoms with Crippen LogP contribution in [-0.4, -0.2) is 34.6 Å². The molecule has 2 atom stereocenters. The maximum atomic E-state index is 13.3. The molecule has 0 aliphatic carbocycles. The molecule has 2 unspecified atom stereocenters. The summed E-state index contributed by atoms with van der Waals surface area (Å²) in [6, 6.07) is 1.80. The molecule has 1 aliphatic rings. The number of hydrogen-bond acceptors (Lipinski definition) is 2. The maximum Gasteiger partial charge on any atom is 0.419 e. The topological polar surface area (TPSA) is 40.5 Å². The number of amides is 1. The van der Waals surface area contributed by atoms with Crippen molar-refractivity contribution < 1.29 is 27.5 Å². The van der Waals surface area contributed by atoms with E-state index in [1.54, 1.807) is 6.92 Å². The summed E-state index contributed by atoms with van der Waals surface area (Å²) in [7, 11) is 0. The molecule has 1 amide bonds. The number of aliphatic hydroxyl groups is 1. The van der Waals surface area contributed by atoms with Gasteiger partial charge in [0.1, 0.15) is 5.82 Å². The van der Waals surface area contributed by atoms with Crippen LogP contribution in [0.15, 0.2) is 18.2 Å². The van der Waals surface area contributed by atoms with Crippen molar-refractivity contribution in [3.8, 4) is 0 Å². The molecular weight excluding hydrogens is 302 g/mol. The van der Waals surface area contributed by atoms with E-state index >= 15 is 0 Å². The highest BCUT2D eigenvalue weighted by molar-refractivity contribution is 5.94. The first kappa shape index (κ1) is 16.7. The zero-order valence-electron chi connectivity index (χ0n) is 12.0. The van der Waals surface area contributed by atoms with E-state index in [4.69, 9.17) is 0 Å². The number of rotatable bonds is 2. The fourth-order valence-corrected chi connectivity index (χ4v) is 2.75. The van der Waals surface area contributed by atoms with Gasteiger partial charge in [0.15, 0.2) is 0 Å². The monoisotopic (exact) mass is 319 g/mol. The normalized spacial score (nSPS) is 20.8. The van der Waals surface area contributed by atoms with Gasteiger partial charge in [0.05, 0.1) is 17.7 Å². The van der Waals surface area contributed by atoms with E-state index in [0.29, 0.717) is 25.1 Å². The van der Waals surface area contributed by atoms with Crippen LogP contribution >= 0.6 is 0 Å². The summed E-state index contributed by atoms with van der Waals surface area (Å²) in [5.74, 6) is -2.02. The highest BCUT2D eigenvalue weighted by Gasteiger charge is 2.36. The van der Waals surface area contributed by atoms with Crippen LogP contribution in [0, 0.1) is 5.82 Å². The third-order valence-electron chi connectivity index (χ3n) is 3.89. The second kappa shape index (κ2) is 6.24. The molecule has 0 radical (unpaired) electrons. The number of likely N-dealkylation sites (tertiary alicyclic amines) is 1. The van der Waals surface area contributed by atoms with Crippen molar-refractivity contribution in [2.45, 2.75) is 44.5 Å². The molecule has 0 spiro atoms. The van der Waals surface area contributed by atoms with Gasteiger partial charge < -0.3 is 10.0 Å². The molecule has 1 heterocycles. The van der Waals surface area contributed by atoms with E-state index in [1.807, 2.05) is 0 Å². The number of hydrogen-bond donors (Lipinski definition) is 1. The summed E-state index contributed by atoms with van der Waals surface area (Å²) in [6.45, 7) is 1.91. The first-order chi connectivity index (χ1) is 10.2. The fraction of sp³-hybridized carbons (Fsp3) is 0.533. The molecule has 0 bridgehead atoms. The van der Waals surface area contributed by atoms with E-state index in [1.165, 1.54) is 4.90 Å². The number of piperidine rings is 1. The van der Waals surface area contributed by atoms with Crippen LogP contribution in [0.5, 0.6) is 0 Å². The lowest BCUT2D eigenvalue weighted by Gasteiger charge is -2.37. The molecule has 1 saturated heterocycles. The minimum Gasteiger partial charge on any atom is -0.391 e. The molecule has 1 aromatic rings. The number of benzene rings is 1. The Balaban J connectivity index is 2.33. The minimum atomic E-state index is -4.86. The van der Waals surface area contributed by atoms with Gasteiger partial charge in [-0.1, -0.05) is 0 Å². The molecule has 7 heteroatoms. The van der Waals surface area contributed by atoms with Crippen LogP contribution in [0.1, 0.15) is 42.1 Å². The maximum absolute atomic E-state index is 13.3. The predicted octanol–water partition coefficient (Wildman–Crippen LogP) is 3.22. The number of nitrogens with zero attached hydrogens (tertiary/aromatic N) is 1. The first-order valence-corrected chi connectivity index (χ1v) is 7.07. The molecule has 1 fully saturated rings. The highest BCUT2D eigenvalue weighted by atomic mass is 19.4. The highest BCUT2D eigenvalue weighted by Crippen LogP contribution is 2.32. The lowest BCUT2D eigenvalue weighted by molar-refractivity contribution is -0.140. The second-order valence-electron chi connectivity index (χ2n) is 5.49. The number of carbonyl (C=O) groups excluding carboxylic acids is 1. The van der Waals surface area contributed by atoms with E-state index in [9.17, 15) is 27.5 Å². The Labute approximate surface area is 125 Å². The predicted molar refractivity (Wildman–Crippen MR) is 71.8 cm³/mol. The zero-order valence-corrected chi connectivity index (χ0v) is 12.0. The van der Waals surface area contributed by atoms with Crippen LogP contribution in [0.25, 0.3) is 0 Å². The molecule has 1 aromatic carbocycles. The van der Waals surface area contributed by atoms with E-state index in [-0.39, 0.29) is 5.56 Å². The summed E-state index contributed by atoms with van der Waals surface area (Å²) in [6.07, 6.45) is -3.46. The van der Waals surface area contributed by atoms with E-state index < -0.39 is 35.6 Å². The van der Waals surface area contributed by atoms with Gasteiger partial charge in [0.2, 0.25) is 0 Å². The Hall–Kier alpha value is -1.63. The van der Waals surface area contributed by atoms with Gasteiger partial charge in [-0.15, -0.1) is 0 Å². The molecule has 3 nitrogen and oxygen atoms in total. The number of halogens is 4. The van der Waals surface area contributed by atoms with E-state index in [0.717, 1.165) is 18.9 Å². The third-order valence-corrected chi connectivity index (χ3v) is 3.89. The molecule has 0 saturated carbocycles. The van der Waals surface area contributed by atoms with Crippen molar-refractivity contribution >= 4 is 5.91 Å². The lowest BCUT2D eigenvalue weighted by Crippen LogP contribution is -2.49. The number of alkyl halides is 3. The molecule has 1 N–H and O–H groups in total. The summed E-state index contributed by atoms with van der Waals surface area (Å²) < 4.78 is 51.5. The minimum absolute atomic E-state index is 0.221. The smallest absolute Gasteiger partial charge is 0.391 e. The summed E-state index contributed by atoms with van der Waals surface area (Å²) in [5.41, 5.74) is -1.68. The molecule has 22 heavy (non-hydrogen) atoms. The summed E-state index contributed by atoms with van der Waals surface area (Å²) >= 11 is 0. The van der Waals surface area contributed by atoms with Gasteiger partial charge in [-0.3, -0.25) is 4.79 Å². The van der Waals surface area contributed by atoms with E-state index in [2.05, 4.69) is 0 Å². The van der Waals surface area contributed by atoms with Gasteiger partial charge in [0, 0.05) is 12.1 Å². The molecular formula is C15H17F4NO2. The van der Waals surface area contributed by atoms with Crippen LogP contribution in [0.3, 0.4) is 0 Å². The zero-order chi connectivity index (χ0) is 16.5. The quantitative estimate of drug-likeness (QED) is 0.850. The standard InChI is InChI=1S/C15H17F4NO2/c1-9(21)13-4-2-3-7-20(13)14(22)10-5-6-12(16)11(8-10)15(17,18)19/h5-6,8-9,13,21H,2-4,7H2,1H3. The first-order valence-electron chi connectivity index (χ1n) is 7.07. The molecule has 2 rings (SSSR count). The van der Waals surface area contributed by atoms with Gasteiger partial charge >= 0.3 is 6.18 Å². The van der Waals surface area contributed by atoms with Crippen LogP contribution in [0.2, 0.25) is 0 Å². The van der Waals surface area contributed by atoms with Crippen LogP contribution in [0.4, 0.5) is 17.6 Å². The Morgan fingerprint density at radius 2 is 2.05 bits per heavy atom. The van der Waals surface area contributed by atoms with Crippen molar-refractivity contribution in [1.29, 1.82) is 0 Å². The van der Waals surface area contributed by atoms with Gasteiger partial charge in [-0.25, -0.2) is 4.39 Å². The van der Waals surface area contributed by atoms with Gasteiger partial charge in [-0.05, 0) is 44.4 Å². The molecule has 0 aromatic heterocycles. The van der Waals surface area contributed by atoms with Crippen molar-refractivity contribution in [3.05, 3.63) is 35.1 Å². The third kappa shape index (κ3) is 3.40. The summed E-state index contributed by atoms with van der Waals surface area (Å²) in [5, 5.41) is 9.74. The van der Waals surface area contributed by atoms with Crippen molar-refractivity contribution in [2.75, 3.05) is 6.54 Å². The Morgan fingerprint density at radius 3 is 2.64 bits per heavy atom.